The van der Waals surface area contributed by atoms with Crippen LogP contribution in [0.25, 0.3) is 0 Å². The van der Waals surface area contributed by atoms with Gasteiger partial charge in [0.05, 0.1) is 12.8 Å². The lowest BCUT2D eigenvalue weighted by atomic mass is 10.1. The molecular weight excluding hydrogens is 288 g/mol. The molecule has 0 radical (unpaired) electrons. The summed E-state index contributed by atoms with van der Waals surface area (Å²) in [6.45, 7) is 6.73. The van der Waals surface area contributed by atoms with Crippen LogP contribution in [0.4, 0.5) is 17.5 Å². The van der Waals surface area contributed by atoms with E-state index < -0.39 is 0 Å². The van der Waals surface area contributed by atoms with E-state index in [4.69, 9.17) is 4.42 Å². The number of nitrogens with one attached hydrogen (secondary N) is 2. The minimum atomic E-state index is 0.579. The summed E-state index contributed by atoms with van der Waals surface area (Å²) >= 11 is 0. The minimum absolute atomic E-state index is 0.579. The Balaban J connectivity index is 1.75. The average Bonchev–Trinajstić information content (AvgIpc) is 3.02. The number of hydrogen-bond acceptors (Lipinski definition) is 5. The van der Waals surface area contributed by atoms with Crippen LogP contribution in [0.3, 0.4) is 0 Å². The van der Waals surface area contributed by atoms with Crippen LogP contribution in [-0.4, -0.2) is 9.97 Å². The van der Waals surface area contributed by atoms with Crippen molar-refractivity contribution >= 4 is 17.5 Å². The molecule has 0 aliphatic carbocycles. The number of aryl methyl sites for hydroxylation is 3. The maximum atomic E-state index is 5.31. The quantitative estimate of drug-likeness (QED) is 0.733. The van der Waals surface area contributed by atoms with Gasteiger partial charge in [-0.1, -0.05) is 6.07 Å². The lowest BCUT2D eigenvalue weighted by Gasteiger charge is -2.10. The lowest BCUT2D eigenvalue weighted by Crippen LogP contribution is -2.05. The van der Waals surface area contributed by atoms with Gasteiger partial charge < -0.3 is 15.1 Å². The molecule has 0 saturated heterocycles. The van der Waals surface area contributed by atoms with Gasteiger partial charge in [-0.25, -0.2) is 4.98 Å². The van der Waals surface area contributed by atoms with Gasteiger partial charge in [0.25, 0.3) is 0 Å². The maximum absolute atomic E-state index is 5.31. The average molecular weight is 308 g/mol. The first-order chi connectivity index (χ1) is 11.1. The molecule has 0 fully saturated rings. The highest BCUT2D eigenvalue weighted by Crippen LogP contribution is 2.19. The Morgan fingerprint density at radius 2 is 1.87 bits per heavy atom. The van der Waals surface area contributed by atoms with Crippen molar-refractivity contribution in [3.63, 3.8) is 0 Å². The minimum Gasteiger partial charge on any atom is -0.467 e. The lowest BCUT2D eigenvalue weighted by molar-refractivity contribution is 0.518. The Morgan fingerprint density at radius 3 is 2.61 bits per heavy atom. The van der Waals surface area contributed by atoms with Crippen molar-refractivity contribution in [1.29, 1.82) is 0 Å². The number of hydrogen-bond donors (Lipinski definition) is 2. The molecular formula is C18H20N4O. The number of aromatic nitrogens is 2. The Bertz CT molecular complexity index is 797. The largest absolute Gasteiger partial charge is 0.467 e. The zero-order valence-electron chi connectivity index (χ0n) is 13.6. The summed E-state index contributed by atoms with van der Waals surface area (Å²) in [7, 11) is 0. The van der Waals surface area contributed by atoms with Crippen LogP contribution in [0.15, 0.2) is 47.1 Å². The normalized spacial score (nSPS) is 10.6. The van der Waals surface area contributed by atoms with Crippen LogP contribution in [0, 0.1) is 20.8 Å². The predicted octanol–water partition coefficient (Wildman–Crippen LogP) is 4.35. The Hall–Kier alpha value is -2.82. The fourth-order valence-corrected chi connectivity index (χ4v) is 2.25. The molecule has 0 atom stereocenters. The van der Waals surface area contributed by atoms with E-state index in [1.165, 1.54) is 11.1 Å². The van der Waals surface area contributed by atoms with Crippen molar-refractivity contribution in [2.45, 2.75) is 27.3 Å². The third-order valence-corrected chi connectivity index (χ3v) is 3.64. The molecule has 3 aromatic rings. The van der Waals surface area contributed by atoms with Gasteiger partial charge in [-0.15, -0.1) is 0 Å². The van der Waals surface area contributed by atoms with Crippen molar-refractivity contribution in [1.82, 2.24) is 9.97 Å². The van der Waals surface area contributed by atoms with E-state index in [0.29, 0.717) is 12.5 Å². The van der Waals surface area contributed by atoms with Crippen LogP contribution >= 0.6 is 0 Å². The highest BCUT2D eigenvalue weighted by Gasteiger charge is 2.04. The molecule has 0 unspecified atom stereocenters. The first-order valence-corrected chi connectivity index (χ1v) is 7.56. The smallest absolute Gasteiger partial charge is 0.229 e. The topological polar surface area (TPSA) is 63.0 Å². The molecule has 2 N–H and O–H groups in total. The highest BCUT2D eigenvalue weighted by atomic mass is 16.3. The second kappa shape index (κ2) is 6.52. The number of nitrogens with zero attached hydrogens (tertiary/aromatic N) is 2. The molecule has 5 heteroatoms. The fraction of sp³-hybridized carbons (Fsp3) is 0.222. The van der Waals surface area contributed by atoms with E-state index >= 15 is 0 Å². The predicted molar refractivity (Wildman–Crippen MR) is 92.0 cm³/mol. The van der Waals surface area contributed by atoms with Crippen LogP contribution in [0.5, 0.6) is 0 Å². The summed E-state index contributed by atoms with van der Waals surface area (Å²) in [4.78, 5) is 8.95. The van der Waals surface area contributed by atoms with Crippen LogP contribution in [0.1, 0.15) is 22.6 Å². The molecule has 0 amide bonds. The summed E-state index contributed by atoms with van der Waals surface area (Å²) in [5, 5.41) is 6.51. The number of benzene rings is 1. The van der Waals surface area contributed by atoms with Gasteiger partial charge in [0.15, 0.2) is 0 Å². The van der Waals surface area contributed by atoms with Gasteiger partial charge in [0.1, 0.15) is 11.6 Å². The van der Waals surface area contributed by atoms with E-state index in [9.17, 15) is 0 Å². The van der Waals surface area contributed by atoms with Gasteiger partial charge in [-0.3, -0.25) is 0 Å². The van der Waals surface area contributed by atoms with E-state index in [-0.39, 0.29) is 0 Å². The van der Waals surface area contributed by atoms with Crippen LogP contribution in [0.2, 0.25) is 0 Å². The van der Waals surface area contributed by atoms with Crippen LogP contribution in [-0.2, 0) is 6.54 Å². The molecule has 1 aromatic carbocycles. The molecule has 0 aliphatic rings. The van der Waals surface area contributed by atoms with Crippen LogP contribution < -0.4 is 10.6 Å². The van der Waals surface area contributed by atoms with Crippen molar-refractivity contribution in [3.05, 3.63) is 65.2 Å². The summed E-state index contributed by atoms with van der Waals surface area (Å²) in [5.74, 6) is 2.21. The number of furan rings is 1. The van der Waals surface area contributed by atoms with Gasteiger partial charge in [-0.2, -0.15) is 4.98 Å². The SMILES string of the molecule is Cc1cc(NCc2ccco2)nc(Nc2ccc(C)c(C)c2)n1. The first kappa shape index (κ1) is 15.1. The summed E-state index contributed by atoms with van der Waals surface area (Å²) in [5.41, 5.74) is 4.38. The maximum Gasteiger partial charge on any atom is 0.229 e. The first-order valence-electron chi connectivity index (χ1n) is 7.56. The number of rotatable bonds is 5. The molecule has 2 aromatic heterocycles. The van der Waals surface area contributed by atoms with Crippen molar-refractivity contribution < 1.29 is 4.42 Å². The van der Waals surface area contributed by atoms with Gasteiger partial charge >= 0.3 is 0 Å². The van der Waals surface area contributed by atoms with Crippen molar-refractivity contribution in [2.75, 3.05) is 10.6 Å². The Labute approximate surface area is 135 Å². The summed E-state index contributed by atoms with van der Waals surface area (Å²) in [6, 6.07) is 11.9. The van der Waals surface area contributed by atoms with Crippen molar-refractivity contribution in [2.24, 2.45) is 0 Å². The Kier molecular flexibility index (Phi) is 4.28. The molecule has 0 bridgehead atoms. The number of anilines is 3. The monoisotopic (exact) mass is 308 g/mol. The zero-order chi connectivity index (χ0) is 16.2. The second-order valence-electron chi connectivity index (χ2n) is 5.58. The van der Waals surface area contributed by atoms with E-state index in [0.717, 1.165) is 23.0 Å². The van der Waals surface area contributed by atoms with Gasteiger partial charge in [0.2, 0.25) is 5.95 Å². The molecule has 3 rings (SSSR count). The summed E-state index contributed by atoms with van der Waals surface area (Å²) < 4.78 is 5.31. The van der Waals surface area contributed by atoms with E-state index in [1.54, 1.807) is 6.26 Å². The van der Waals surface area contributed by atoms with Gasteiger partial charge in [-0.05, 0) is 56.2 Å². The molecule has 2 heterocycles. The molecule has 0 spiro atoms. The van der Waals surface area contributed by atoms with Gasteiger partial charge in [0, 0.05) is 17.4 Å². The summed E-state index contributed by atoms with van der Waals surface area (Å²) in [6.07, 6.45) is 1.66. The zero-order valence-corrected chi connectivity index (χ0v) is 13.6. The third kappa shape index (κ3) is 3.88. The highest BCUT2D eigenvalue weighted by molar-refractivity contribution is 5.57. The standard InChI is InChI=1S/C18H20N4O/c1-12-6-7-15(9-13(12)2)21-18-20-14(3)10-17(22-18)19-11-16-5-4-8-23-16/h4-10H,11H2,1-3H3,(H2,19,20,21,22). The van der Waals surface area contributed by atoms with E-state index in [1.807, 2.05) is 31.2 Å². The van der Waals surface area contributed by atoms with E-state index in [2.05, 4.69) is 46.6 Å². The Morgan fingerprint density at radius 1 is 1.00 bits per heavy atom. The molecule has 118 valence electrons. The second-order valence-corrected chi connectivity index (χ2v) is 5.58. The molecule has 0 aliphatic heterocycles. The molecule has 0 saturated carbocycles. The van der Waals surface area contributed by atoms with Crippen molar-refractivity contribution in [3.8, 4) is 0 Å². The fourth-order valence-electron chi connectivity index (χ4n) is 2.25. The molecule has 23 heavy (non-hydrogen) atoms. The third-order valence-electron chi connectivity index (χ3n) is 3.64. The molecule has 5 nitrogen and oxygen atoms in total.